The van der Waals surface area contributed by atoms with Crippen LogP contribution in [-0.2, 0) is 0 Å². The first-order valence-electron chi connectivity index (χ1n) is 8.15. The van der Waals surface area contributed by atoms with Gasteiger partial charge in [-0.05, 0) is 67.0 Å². The monoisotopic (exact) mass is 410 g/mol. The minimum absolute atomic E-state index is 0.150. The van der Waals surface area contributed by atoms with Crippen LogP contribution in [0.2, 0.25) is 10.0 Å². The Labute approximate surface area is 168 Å². The summed E-state index contributed by atoms with van der Waals surface area (Å²) in [4.78, 5) is 12.3. The van der Waals surface area contributed by atoms with Gasteiger partial charge >= 0.3 is 0 Å². The second kappa shape index (κ2) is 9.76. The average molecular weight is 411 g/mol. The maximum Gasteiger partial charge on any atom is 0.257 e. The number of hydrogen-bond donors (Lipinski definition) is 2. The van der Waals surface area contributed by atoms with Crippen LogP contribution in [0.25, 0.3) is 0 Å². The van der Waals surface area contributed by atoms with Crippen LogP contribution in [0.15, 0.2) is 42.5 Å². The van der Waals surface area contributed by atoms with Crippen molar-refractivity contribution in [2.75, 3.05) is 11.9 Å². The molecule has 0 atom stereocenters. The lowest BCUT2D eigenvalue weighted by atomic mass is 10.1. The molecule has 2 aromatic carbocycles. The molecule has 0 saturated carbocycles. The van der Waals surface area contributed by atoms with Crippen molar-refractivity contribution < 1.29 is 9.53 Å². The lowest BCUT2D eigenvalue weighted by Crippen LogP contribution is -2.34. The summed E-state index contributed by atoms with van der Waals surface area (Å²) in [6.45, 7) is 4.94. The van der Waals surface area contributed by atoms with Gasteiger partial charge in [0.25, 0.3) is 5.91 Å². The van der Waals surface area contributed by atoms with E-state index >= 15 is 0 Å². The van der Waals surface area contributed by atoms with E-state index in [1.54, 1.807) is 42.5 Å². The minimum Gasteiger partial charge on any atom is -0.494 e. The highest BCUT2D eigenvalue weighted by Gasteiger charge is 2.10. The molecule has 0 aliphatic carbocycles. The highest BCUT2D eigenvalue weighted by atomic mass is 35.5. The number of anilines is 1. The molecule has 0 heterocycles. The second-order valence-corrected chi connectivity index (χ2v) is 7.34. The molecule has 0 aromatic heterocycles. The summed E-state index contributed by atoms with van der Waals surface area (Å²) in [6, 6.07) is 11.9. The van der Waals surface area contributed by atoms with Crippen molar-refractivity contribution in [3.63, 3.8) is 0 Å². The van der Waals surface area contributed by atoms with Gasteiger partial charge in [0, 0.05) is 10.6 Å². The van der Waals surface area contributed by atoms with Crippen LogP contribution in [-0.4, -0.2) is 17.6 Å². The van der Waals surface area contributed by atoms with E-state index in [1.807, 2.05) is 0 Å². The molecule has 0 unspecified atom stereocenters. The molecule has 26 heavy (non-hydrogen) atoms. The minimum atomic E-state index is -0.318. The summed E-state index contributed by atoms with van der Waals surface area (Å²) < 4.78 is 5.64. The van der Waals surface area contributed by atoms with Crippen LogP contribution < -0.4 is 15.4 Å². The summed E-state index contributed by atoms with van der Waals surface area (Å²) in [5.41, 5.74) is 1.04. The first-order chi connectivity index (χ1) is 12.3. The maximum absolute atomic E-state index is 12.3. The quantitative estimate of drug-likeness (QED) is 0.613. The molecule has 2 N–H and O–H groups in total. The summed E-state index contributed by atoms with van der Waals surface area (Å²) in [5.74, 6) is 1.000. The molecule has 2 rings (SSSR count). The molecule has 7 heteroatoms. The molecule has 138 valence electrons. The molecule has 0 bridgehead atoms. The first kappa shape index (κ1) is 20.5. The number of benzene rings is 2. The Kier molecular flexibility index (Phi) is 7.69. The molecule has 0 spiro atoms. The smallest absolute Gasteiger partial charge is 0.257 e. The lowest BCUT2D eigenvalue weighted by Gasteiger charge is -2.12. The van der Waals surface area contributed by atoms with Gasteiger partial charge in [-0.15, -0.1) is 0 Å². The fourth-order valence-corrected chi connectivity index (χ4v) is 2.69. The van der Waals surface area contributed by atoms with Crippen LogP contribution in [0.3, 0.4) is 0 Å². The van der Waals surface area contributed by atoms with Crippen LogP contribution in [0.5, 0.6) is 5.75 Å². The van der Waals surface area contributed by atoms with Gasteiger partial charge in [0.1, 0.15) is 5.75 Å². The molecule has 0 saturated heterocycles. The van der Waals surface area contributed by atoms with Gasteiger partial charge in [0.2, 0.25) is 0 Å². The molecular weight excluding hydrogens is 391 g/mol. The summed E-state index contributed by atoms with van der Waals surface area (Å²) >= 11 is 17.1. The highest BCUT2D eigenvalue weighted by Crippen LogP contribution is 2.25. The number of carbonyl (C=O) groups excluding carboxylic acids is 1. The standard InChI is InChI=1S/C19H20Cl2N2O2S/c1-12(2)9-10-25-15-6-3-13(4-7-15)18(24)23-19(26)22-17-8-5-14(20)11-16(17)21/h3-8,11-12H,9-10H2,1-2H3,(H2,22,23,24,26). The third kappa shape index (κ3) is 6.48. The topological polar surface area (TPSA) is 50.4 Å². The number of rotatable bonds is 6. The van der Waals surface area contributed by atoms with E-state index < -0.39 is 0 Å². The van der Waals surface area contributed by atoms with Crippen LogP contribution in [0, 0.1) is 5.92 Å². The number of carbonyl (C=O) groups is 1. The van der Waals surface area contributed by atoms with E-state index in [9.17, 15) is 4.79 Å². The SMILES string of the molecule is CC(C)CCOc1ccc(C(=O)NC(=S)Nc2ccc(Cl)cc2Cl)cc1. The summed E-state index contributed by atoms with van der Waals surface area (Å²) in [5, 5.41) is 6.57. The molecular formula is C19H20Cl2N2O2S. The Morgan fingerprint density at radius 2 is 1.85 bits per heavy atom. The van der Waals surface area contributed by atoms with Crippen LogP contribution >= 0.6 is 35.4 Å². The van der Waals surface area contributed by atoms with E-state index in [-0.39, 0.29) is 11.0 Å². The summed E-state index contributed by atoms with van der Waals surface area (Å²) in [6.07, 6.45) is 0.982. The maximum atomic E-state index is 12.3. The lowest BCUT2D eigenvalue weighted by molar-refractivity contribution is 0.0977. The number of halogens is 2. The van der Waals surface area contributed by atoms with Gasteiger partial charge in [-0.2, -0.15) is 0 Å². The molecule has 0 aliphatic heterocycles. The van der Waals surface area contributed by atoms with Crippen molar-refractivity contribution in [3.8, 4) is 5.75 Å². The normalized spacial score (nSPS) is 10.5. The molecule has 1 amide bonds. The van der Waals surface area contributed by atoms with E-state index in [1.165, 1.54) is 0 Å². The predicted octanol–water partition coefficient (Wildman–Crippen LogP) is 5.55. The molecule has 0 radical (unpaired) electrons. The van der Waals surface area contributed by atoms with Crippen molar-refractivity contribution in [1.82, 2.24) is 5.32 Å². The highest BCUT2D eigenvalue weighted by molar-refractivity contribution is 7.80. The number of amides is 1. The van der Waals surface area contributed by atoms with Gasteiger partial charge < -0.3 is 10.1 Å². The van der Waals surface area contributed by atoms with Crippen LogP contribution in [0.4, 0.5) is 5.69 Å². The van der Waals surface area contributed by atoms with Crippen molar-refractivity contribution in [3.05, 3.63) is 58.1 Å². The van der Waals surface area contributed by atoms with E-state index in [0.717, 1.165) is 12.2 Å². The van der Waals surface area contributed by atoms with Gasteiger partial charge in [-0.1, -0.05) is 37.0 Å². The zero-order valence-corrected chi connectivity index (χ0v) is 16.8. The Morgan fingerprint density at radius 1 is 1.15 bits per heavy atom. The Balaban J connectivity index is 1.89. The van der Waals surface area contributed by atoms with Gasteiger partial charge in [-0.3, -0.25) is 10.1 Å². The fourth-order valence-electron chi connectivity index (χ4n) is 2.03. The first-order valence-corrected chi connectivity index (χ1v) is 9.32. The van der Waals surface area contributed by atoms with Crippen LogP contribution in [0.1, 0.15) is 30.6 Å². The van der Waals surface area contributed by atoms with E-state index in [0.29, 0.717) is 33.8 Å². The van der Waals surface area contributed by atoms with Gasteiger partial charge in [0.15, 0.2) is 5.11 Å². The van der Waals surface area contributed by atoms with E-state index in [4.69, 9.17) is 40.2 Å². The zero-order valence-electron chi connectivity index (χ0n) is 14.5. The van der Waals surface area contributed by atoms with Crippen molar-refractivity contribution in [1.29, 1.82) is 0 Å². The second-order valence-electron chi connectivity index (χ2n) is 6.09. The molecule has 2 aromatic rings. The third-order valence-corrected chi connectivity index (χ3v) is 4.24. The van der Waals surface area contributed by atoms with Crippen molar-refractivity contribution >= 4 is 52.1 Å². The fraction of sp³-hybridized carbons (Fsp3) is 0.263. The zero-order chi connectivity index (χ0) is 19.1. The van der Waals surface area contributed by atoms with Crippen molar-refractivity contribution in [2.24, 2.45) is 5.92 Å². The number of hydrogen-bond acceptors (Lipinski definition) is 3. The number of ether oxygens (including phenoxy) is 1. The molecule has 0 fully saturated rings. The Hall–Kier alpha value is -1.82. The largest absolute Gasteiger partial charge is 0.494 e. The average Bonchev–Trinajstić information content (AvgIpc) is 2.57. The van der Waals surface area contributed by atoms with Gasteiger partial charge in [-0.25, -0.2) is 0 Å². The third-order valence-electron chi connectivity index (χ3n) is 3.49. The Morgan fingerprint density at radius 3 is 2.46 bits per heavy atom. The van der Waals surface area contributed by atoms with E-state index in [2.05, 4.69) is 24.5 Å². The van der Waals surface area contributed by atoms with Crippen molar-refractivity contribution in [2.45, 2.75) is 20.3 Å². The van der Waals surface area contributed by atoms with Gasteiger partial charge in [0.05, 0.1) is 17.3 Å². The summed E-state index contributed by atoms with van der Waals surface area (Å²) in [7, 11) is 0. The number of nitrogens with one attached hydrogen (secondary N) is 2. The molecule has 0 aliphatic rings. The number of thiocarbonyl (C=S) groups is 1. The molecule has 4 nitrogen and oxygen atoms in total. The predicted molar refractivity (Wildman–Crippen MR) is 112 cm³/mol. The Bertz CT molecular complexity index is 780.